The van der Waals surface area contributed by atoms with E-state index in [2.05, 4.69) is 26.5 Å². The number of anilines is 1. The van der Waals surface area contributed by atoms with E-state index in [0.717, 1.165) is 6.07 Å². The molecule has 0 fully saturated rings. The average molecular weight is 443 g/mol. The first kappa shape index (κ1) is 21.2. The number of terminal acetylenes is 1. The van der Waals surface area contributed by atoms with Crippen LogP contribution in [0.15, 0.2) is 42.9 Å². The Morgan fingerprint density at radius 2 is 1.87 bits per heavy atom. The van der Waals surface area contributed by atoms with Crippen LogP contribution in [0.25, 0.3) is 11.1 Å². The number of rotatable bonds is 4. The lowest BCUT2D eigenvalue weighted by molar-refractivity contribution is 0.0957. The molecule has 6 nitrogen and oxygen atoms in total. The summed E-state index contributed by atoms with van der Waals surface area (Å²) >= 11 is 12.3. The largest absolute Gasteiger partial charge is 0.354 e. The highest BCUT2D eigenvalue weighted by molar-refractivity contribution is 6.35. The number of aromatic nitrogens is 2. The van der Waals surface area contributed by atoms with Gasteiger partial charge in [-0.15, -0.1) is 6.42 Å². The Kier molecular flexibility index (Phi) is 6.31. The van der Waals surface area contributed by atoms with E-state index in [-0.39, 0.29) is 32.6 Å². The van der Waals surface area contributed by atoms with Crippen molar-refractivity contribution >= 4 is 40.7 Å². The Bertz CT molecular complexity index is 1210. The van der Waals surface area contributed by atoms with Crippen molar-refractivity contribution < 1.29 is 14.0 Å². The number of hydrogen-bond acceptors (Lipinski definition) is 4. The van der Waals surface area contributed by atoms with Gasteiger partial charge in [0.2, 0.25) is 0 Å². The first-order chi connectivity index (χ1) is 14.3. The number of nitrogens with zero attached hydrogens (tertiary/aromatic N) is 2. The smallest absolute Gasteiger partial charge is 0.271 e. The summed E-state index contributed by atoms with van der Waals surface area (Å²) in [5, 5.41) is 4.98. The van der Waals surface area contributed by atoms with E-state index in [0.29, 0.717) is 11.1 Å². The van der Waals surface area contributed by atoms with Gasteiger partial charge in [0.25, 0.3) is 11.8 Å². The third-order valence-electron chi connectivity index (χ3n) is 4.11. The molecule has 2 amide bonds. The Labute approximate surface area is 181 Å². The molecule has 3 rings (SSSR count). The Morgan fingerprint density at radius 3 is 2.53 bits per heavy atom. The van der Waals surface area contributed by atoms with Crippen molar-refractivity contribution in [3.63, 3.8) is 0 Å². The van der Waals surface area contributed by atoms with E-state index in [9.17, 15) is 14.0 Å². The maximum Gasteiger partial charge on any atom is 0.271 e. The quantitative estimate of drug-likeness (QED) is 0.593. The molecule has 0 radical (unpaired) electrons. The molecule has 150 valence electrons. The summed E-state index contributed by atoms with van der Waals surface area (Å²) < 4.78 is 14.8. The molecule has 0 saturated carbocycles. The molecule has 0 unspecified atom stereocenters. The number of carbonyl (C=O) groups is 2. The molecule has 0 saturated heterocycles. The topological polar surface area (TPSA) is 84.0 Å². The highest BCUT2D eigenvalue weighted by atomic mass is 35.5. The standard InChI is InChI=1S/C21H13Cl2FN4O2/c1-3-11-9-26-5-4-13(11)14-7-16(22)15(8-18(14)24)20(29)28-12-6-17(23)19(27-10-12)21(30)25-2/h1,4-10H,2H3,(H,25,30)(H,28,29). The number of pyridine rings is 2. The van der Waals surface area contributed by atoms with Gasteiger partial charge >= 0.3 is 0 Å². The van der Waals surface area contributed by atoms with Crippen molar-refractivity contribution in [2.75, 3.05) is 12.4 Å². The van der Waals surface area contributed by atoms with Crippen molar-refractivity contribution in [1.82, 2.24) is 15.3 Å². The molecule has 0 aliphatic carbocycles. The van der Waals surface area contributed by atoms with E-state index in [1.807, 2.05) is 0 Å². The molecule has 0 bridgehead atoms. The number of amides is 2. The number of benzene rings is 1. The molecule has 1 aromatic carbocycles. The molecule has 3 aromatic rings. The number of carbonyl (C=O) groups excluding carboxylic acids is 2. The predicted octanol–water partition coefficient (Wildman–Crippen LogP) is 4.18. The number of hydrogen-bond donors (Lipinski definition) is 2. The molecule has 0 atom stereocenters. The minimum absolute atomic E-state index is 0.00673. The summed E-state index contributed by atoms with van der Waals surface area (Å²) in [6, 6.07) is 5.25. The molecule has 0 aliphatic heterocycles. The van der Waals surface area contributed by atoms with Crippen molar-refractivity contribution in [2.24, 2.45) is 0 Å². The lowest BCUT2D eigenvalue weighted by Gasteiger charge is -2.11. The third kappa shape index (κ3) is 4.25. The molecule has 30 heavy (non-hydrogen) atoms. The zero-order chi connectivity index (χ0) is 21.8. The summed E-state index contributed by atoms with van der Waals surface area (Å²) in [6.07, 6.45) is 9.60. The van der Waals surface area contributed by atoms with Gasteiger partial charge in [-0.05, 0) is 24.3 Å². The SMILES string of the molecule is C#Cc1cnccc1-c1cc(Cl)c(C(=O)Nc2cnc(C(=O)NC)c(Cl)c2)cc1F. The van der Waals surface area contributed by atoms with Crippen molar-refractivity contribution in [3.8, 4) is 23.5 Å². The van der Waals surface area contributed by atoms with E-state index in [4.69, 9.17) is 29.6 Å². The van der Waals surface area contributed by atoms with Gasteiger partial charge in [-0.3, -0.25) is 14.6 Å². The van der Waals surface area contributed by atoms with E-state index in [1.165, 1.54) is 37.8 Å². The summed E-state index contributed by atoms with van der Waals surface area (Å²) in [5.74, 6) is 0.602. The zero-order valence-electron chi connectivity index (χ0n) is 15.5. The first-order valence-electron chi connectivity index (χ1n) is 8.44. The summed E-state index contributed by atoms with van der Waals surface area (Å²) in [7, 11) is 1.44. The van der Waals surface area contributed by atoms with Crippen LogP contribution in [0.4, 0.5) is 10.1 Å². The predicted molar refractivity (Wildman–Crippen MR) is 113 cm³/mol. The van der Waals surface area contributed by atoms with Crippen molar-refractivity contribution in [2.45, 2.75) is 0 Å². The lowest BCUT2D eigenvalue weighted by atomic mass is 10.00. The second-order valence-corrected chi connectivity index (χ2v) is 6.78. The fraction of sp³-hybridized carbons (Fsp3) is 0.0476. The van der Waals surface area contributed by atoms with Gasteiger partial charge in [-0.25, -0.2) is 9.37 Å². The van der Waals surface area contributed by atoms with Crippen LogP contribution in [0.1, 0.15) is 26.4 Å². The fourth-order valence-electron chi connectivity index (χ4n) is 2.66. The third-order valence-corrected chi connectivity index (χ3v) is 4.71. The molecule has 2 heterocycles. The van der Waals surface area contributed by atoms with Gasteiger partial charge in [-0.1, -0.05) is 29.1 Å². The van der Waals surface area contributed by atoms with Gasteiger partial charge < -0.3 is 10.6 Å². The Balaban J connectivity index is 1.91. The number of halogens is 3. The van der Waals surface area contributed by atoms with Gasteiger partial charge in [0.15, 0.2) is 0 Å². The molecular weight excluding hydrogens is 430 g/mol. The second kappa shape index (κ2) is 8.91. The molecule has 9 heteroatoms. The Hall–Kier alpha value is -3.47. The minimum Gasteiger partial charge on any atom is -0.354 e. The molecule has 2 N–H and O–H groups in total. The molecule has 0 spiro atoms. The van der Waals surface area contributed by atoms with Gasteiger partial charge in [0.1, 0.15) is 11.5 Å². The summed E-state index contributed by atoms with van der Waals surface area (Å²) in [5.41, 5.74) is 1.09. The summed E-state index contributed by atoms with van der Waals surface area (Å²) in [4.78, 5) is 32.1. The minimum atomic E-state index is -0.682. The van der Waals surface area contributed by atoms with Gasteiger partial charge in [0.05, 0.1) is 33.1 Å². The normalized spacial score (nSPS) is 10.2. The molecule has 0 aliphatic rings. The van der Waals surface area contributed by atoms with Crippen LogP contribution < -0.4 is 10.6 Å². The first-order valence-corrected chi connectivity index (χ1v) is 9.20. The van der Waals surface area contributed by atoms with Crippen LogP contribution in [0, 0.1) is 18.2 Å². The van der Waals surface area contributed by atoms with E-state index >= 15 is 0 Å². The van der Waals surface area contributed by atoms with Gasteiger partial charge in [0, 0.05) is 30.6 Å². The van der Waals surface area contributed by atoms with Crippen molar-refractivity contribution in [1.29, 1.82) is 0 Å². The summed E-state index contributed by atoms with van der Waals surface area (Å²) in [6.45, 7) is 0. The maximum absolute atomic E-state index is 14.8. The monoisotopic (exact) mass is 442 g/mol. The van der Waals surface area contributed by atoms with E-state index < -0.39 is 17.6 Å². The number of nitrogens with one attached hydrogen (secondary N) is 2. The van der Waals surface area contributed by atoms with Crippen molar-refractivity contribution in [3.05, 3.63) is 75.5 Å². The molecule has 2 aromatic heterocycles. The second-order valence-electron chi connectivity index (χ2n) is 5.97. The highest BCUT2D eigenvalue weighted by Crippen LogP contribution is 2.31. The highest BCUT2D eigenvalue weighted by Gasteiger charge is 2.18. The van der Waals surface area contributed by atoms with Crippen LogP contribution in [0.3, 0.4) is 0 Å². The van der Waals surface area contributed by atoms with Crippen LogP contribution in [0.2, 0.25) is 10.0 Å². The van der Waals surface area contributed by atoms with E-state index in [1.54, 1.807) is 6.07 Å². The zero-order valence-corrected chi connectivity index (χ0v) is 17.0. The van der Waals surface area contributed by atoms with Crippen LogP contribution >= 0.6 is 23.2 Å². The maximum atomic E-state index is 14.8. The van der Waals surface area contributed by atoms with Gasteiger partial charge in [-0.2, -0.15) is 0 Å². The lowest BCUT2D eigenvalue weighted by Crippen LogP contribution is -2.20. The fourth-order valence-corrected chi connectivity index (χ4v) is 3.16. The van der Waals surface area contributed by atoms with Crippen LogP contribution in [-0.4, -0.2) is 28.8 Å². The Morgan fingerprint density at radius 1 is 1.10 bits per heavy atom. The van der Waals surface area contributed by atoms with Crippen LogP contribution in [0.5, 0.6) is 0 Å². The average Bonchev–Trinajstić information content (AvgIpc) is 2.74. The van der Waals surface area contributed by atoms with Crippen LogP contribution in [-0.2, 0) is 0 Å². The molecular formula is C21H13Cl2FN4O2.